The molecule has 2 aromatic heterocycles. The van der Waals surface area contributed by atoms with Crippen LogP contribution in [0.25, 0.3) is 0 Å². The van der Waals surface area contributed by atoms with E-state index in [1.165, 1.54) is 11.1 Å². The van der Waals surface area contributed by atoms with Crippen molar-refractivity contribution in [3.8, 4) is 0 Å². The first-order valence-corrected chi connectivity index (χ1v) is 10.8. The maximum atomic E-state index is 11.4. The zero-order valence-electron chi connectivity index (χ0n) is 13.3. The number of thiophene rings is 1. The lowest BCUT2D eigenvalue weighted by molar-refractivity contribution is 0.151. The van der Waals surface area contributed by atoms with Crippen LogP contribution in [-0.2, 0) is 23.2 Å². The van der Waals surface area contributed by atoms with E-state index in [9.17, 15) is 8.42 Å². The van der Waals surface area contributed by atoms with Gasteiger partial charge in [-0.25, -0.2) is 22.5 Å². The number of nitrogens with zero attached hydrogens (tertiary/aromatic N) is 5. The van der Waals surface area contributed by atoms with E-state index in [-0.39, 0.29) is 6.04 Å². The van der Waals surface area contributed by atoms with Crippen molar-refractivity contribution in [1.29, 1.82) is 0 Å². The molecule has 3 heterocycles. The number of piperidine rings is 1. The first kappa shape index (κ1) is 17.7. The molecule has 0 saturated carbocycles. The van der Waals surface area contributed by atoms with Gasteiger partial charge in [-0.2, -0.15) is 0 Å². The van der Waals surface area contributed by atoms with Gasteiger partial charge < -0.3 is 0 Å². The minimum atomic E-state index is -3.19. The van der Waals surface area contributed by atoms with Crippen molar-refractivity contribution in [2.75, 3.05) is 19.3 Å². The quantitative estimate of drug-likeness (QED) is 0.740. The van der Waals surface area contributed by atoms with Crippen LogP contribution in [0.15, 0.2) is 17.5 Å². The average Bonchev–Trinajstić information content (AvgIpc) is 3.11. The zero-order chi connectivity index (χ0) is 17.2. The lowest BCUT2D eigenvalue weighted by Crippen LogP contribution is -2.47. The molecule has 1 unspecified atom stereocenters. The van der Waals surface area contributed by atoms with Crippen molar-refractivity contribution in [2.24, 2.45) is 0 Å². The lowest BCUT2D eigenvalue weighted by atomic mass is 10.1. The summed E-state index contributed by atoms with van der Waals surface area (Å²) in [5.74, 6) is 0. The molecule has 0 radical (unpaired) electrons. The van der Waals surface area contributed by atoms with E-state index in [1.54, 1.807) is 20.7 Å². The Balaban J connectivity index is 1.63. The highest BCUT2D eigenvalue weighted by Crippen LogP contribution is 2.13. The number of likely N-dealkylation sites (tertiary alicyclic amines) is 1. The Bertz CT molecular complexity index is 826. The normalized spacial score (nSPS) is 19.6. The van der Waals surface area contributed by atoms with Gasteiger partial charge in [0, 0.05) is 24.0 Å². The van der Waals surface area contributed by atoms with Crippen LogP contribution in [0.2, 0.25) is 0 Å². The van der Waals surface area contributed by atoms with Gasteiger partial charge in [-0.1, -0.05) is 6.07 Å². The van der Waals surface area contributed by atoms with Gasteiger partial charge in [0.2, 0.25) is 14.8 Å². The van der Waals surface area contributed by atoms with Crippen LogP contribution in [0.4, 0.5) is 0 Å². The molecule has 1 saturated heterocycles. The van der Waals surface area contributed by atoms with E-state index in [2.05, 4.69) is 20.0 Å². The minimum Gasteiger partial charge on any atom is -0.283 e. The van der Waals surface area contributed by atoms with E-state index in [1.807, 2.05) is 17.5 Å². The molecule has 11 heteroatoms. The molecule has 0 bridgehead atoms. The summed E-state index contributed by atoms with van der Waals surface area (Å²) in [6, 6.07) is 3.97. The van der Waals surface area contributed by atoms with Crippen LogP contribution in [0.5, 0.6) is 0 Å². The van der Waals surface area contributed by atoms with Crippen LogP contribution in [0.1, 0.15) is 17.7 Å². The number of aromatic nitrogens is 4. The number of hydrogen-bond donors (Lipinski definition) is 1. The number of nitrogens with one attached hydrogen (secondary N) is 1. The van der Waals surface area contributed by atoms with Gasteiger partial charge in [-0.05, 0) is 46.9 Å². The summed E-state index contributed by atoms with van der Waals surface area (Å²) in [6.07, 6.45) is 2.97. The highest BCUT2D eigenvalue weighted by molar-refractivity contribution is 7.88. The number of sulfonamides is 1. The van der Waals surface area contributed by atoms with Crippen LogP contribution < -0.4 is 4.72 Å². The first-order valence-electron chi connectivity index (χ1n) is 7.63. The fraction of sp³-hybridized carbons (Fsp3) is 0.615. The van der Waals surface area contributed by atoms with Gasteiger partial charge in [0.15, 0.2) is 0 Å². The van der Waals surface area contributed by atoms with Gasteiger partial charge in [0.1, 0.15) is 0 Å². The Kier molecular flexibility index (Phi) is 5.45. The predicted molar refractivity (Wildman–Crippen MR) is 94.8 cm³/mol. The summed E-state index contributed by atoms with van der Waals surface area (Å²) in [7, 11) is -3.19. The Morgan fingerprint density at radius 2 is 2.21 bits per heavy atom. The predicted octanol–water partition coefficient (Wildman–Crippen LogP) is 0.890. The molecule has 3 rings (SSSR count). The summed E-state index contributed by atoms with van der Waals surface area (Å²) < 4.78 is 29.4. The Labute approximate surface area is 150 Å². The molecule has 2 aromatic rings. The fourth-order valence-electron chi connectivity index (χ4n) is 2.82. The number of tetrazole rings is 1. The molecular formula is C13H20N6O2S3. The molecule has 0 spiro atoms. The van der Waals surface area contributed by atoms with Crippen LogP contribution in [0.3, 0.4) is 0 Å². The van der Waals surface area contributed by atoms with E-state index < -0.39 is 10.0 Å². The minimum absolute atomic E-state index is 0.0657. The van der Waals surface area contributed by atoms with Gasteiger partial charge in [0.05, 0.1) is 19.5 Å². The average molecular weight is 389 g/mol. The molecule has 0 amide bonds. The SMILES string of the molecule is CS(=O)(=O)NC1CCCN(Cn2nnn(Cc3cccs3)c2=S)C1. The van der Waals surface area contributed by atoms with Crippen molar-refractivity contribution in [3.05, 3.63) is 27.2 Å². The molecule has 1 atom stereocenters. The molecule has 1 N–H and O–H groups in total. The maximum Gasteiger partial charge on any atom is 0.217 e. The van der Waals surface area contributed by atoms with Gasteiger partial charge in [-0.3, -0.25) is 4.90 Å². The highest BCUT2D eigenvalue weighted by Gasteiger charge is 2.23. The molecule has 0 aliphatic carbocycles. The Morgan fingerprint density at radius 1 is 1.42 bits per heavy atom. The van der Waals surface area contributed by atoms with Crippen LogP contribution >= 0.6 is 23.6 Å². The number of hydrogen-bond acceptors (Lipinski definition) is 7. The van der Waals surface area contributed by atoms with Crippen LogP contribution in [0, 0.1) is 4.77 Å². The van der Waals surface area contributed by atoms with E-state index in [4.69, 9.17) is 12.2 Å². The second kappa shape index (κ2) is 7.40. The Hall–Kier alpha value is -1.14. The smallest absolute Gasteiger partial charge is 0.217 e. The molecule has 0 aromatic carbocycles. The topological polar surface area (TPSA) is 85.1 Å². The number of rotatable bonds is 6. The summed E-state index contributed by atoms with van der Waals surface area (Å²) in [5.41, 5.74) is 0. The van der Waals surface area contributed by atoms with E-state index in [0.717, 1.165) is 19.4 Å². The molecule has 132 valence electrons. The third kappa shape index (κ3) is 4.70. The highest BCUT2D eigenvalue weighted by atomic mass is 32.2. The van der Waals surface area contributed by atoms with Gasteiger partial charge >= 0.3 is 0 Å². The monoisotopic (exact) mass is 388 g/mol. The van der Waals surface area contributed by atoms with Gasteiger partial charge in [0.25, 0.3) is 0 Å². The third-order valence-electron chi connectivity index (χ3n) is 3.80. The first-order chi connectivity index (χ1) is 11.4. The van der Waals surface area contributed by atoms with Crippen molar-refractivity contribution in [2.45, 2.75) is 32.1 Å². The largest absolute Gasteiger partial charge is 0.283 e. The molecule has 1 fully saturated rings. The van der Waals surface area contributed by atoms with E-state index >= 15 is 0 Å². The zero-order valence-corrected chi connectivity index (χ0v) is 15.8. The second-order valence-corrected chi connectivity index (χ2v) is 9.12. The van der Waals surface area contributed by atoms with Crippen LogP contribution in [-0.4, -0.2) is 58.5 Å². The molecular weight excluding hydrogens is 368 g/mol. The van der Waals surface area contributed by atoms with Crippen molar-refractivity contribution in [3.63, 3.8) is 0 Å². The maximum absolute atomic E-state index is 11.4. The Morgan fingerprint density at radius 3 is 2.92 bits per heavy atom. The third-order valence-corrected chi connectivity index (χ3v) is 5.85. The standard InChI is InChI=1S/C13H20N6O2S3/c1-24(20,21)14-11-4-2-6-17(8-11)10-19-13(22)18(15-16-19)9-12-5-3-7-23-12/h3,5,7,11,14H,2,4,6,8-10H2,1H3. The molecule has 1 aliphatic rings. The summed E-state index contributed by atoms with van der Waals surface area (Å²) >= 11 is 7.11. The van der Waals surface area contributed by atoms with Crippen molar-refractivity contribution >= 4 is 33.6 Å². The molecule has 24 heavy (non-hydrogen) atoms. The van der Waals surface area contributed by atoms with Gasteiger partial charge in [-0.15, -0.1) is 11.3 Å². The molecule has 1 aliphatic heterocycles. The fourth-order valence-corrected chi connectivity index (χ4v) is 4.50. The summed E-state index contributed by atoms with van der Waals surface area (Å²) in [6.45, 7) is 2.67. The van der Waals surface area contributed by atoms with Crippen molar-refractivity contribution in [1.82, 2.24) is 29.4 Å². The molecule has 8 nitrogen and oxygen atoms in total. The summed E-state index contributed by atoms with van der Waals surface area (Å²) in [5, 5.41) is 10.3. The van der Waals surface area contributed by atoms with E-state index in [0.29, 0.717) is 24.5 Å². The lowest BCUT2D eigenvalue weighted by Gasteiger charge is -2.32. The summed E-state index contributed by atoms with van der Waals surface area (Å²) in [4.78, 5) is 3.32. The van der Waals surface area contributed by atoms with Crippen molar-refractivity contribution < 1.29 is 8.42 Å². The second-order valence-electron chi connectivity index (χ2n) is 5.95.